The van der Waals surface area contributed by atoms with Crippen LogP contribution in [0.25, 0.3) is 10.9 Å². The van der Waals surface area contributed by atoms with Gasteiger partial charge in [-0.3, -0.25) is 9.67 Å². The Kier molecular flexibility index (Phi) is 3.89. The molecule has 0 saturated heterocycles. The van der Waals surface area contributed by atoms with Gasteiger partial charge in [0.1, 0.15) is 0 Å². The van der Waals surface area contributed by atoms with Crippen LogP contribution in [0.2, 0.25) is 5.02 Å². The molecule has 0 saturated carbocycles. The Labute approximate surface area is 129 Å². The van der Waals surface area contributed by atoms with Crippen molar-refractivity contribution >= 4 is 44.1 Å². The summed E-state index contributed by atoms with van der Waals surface area (Å²) >= 11 is 9.68. The number of hydrogen-bond acceptors (Lipinski definition) is 3. The first-order valence-electron chi connectivity index (χ1n) is 6.19. The molecule has 0 amide bonds. The van der Waals surface area contributed by atoms with E-state index in [1.807, 2.05) is 35.1 Å². The van der Waals surface area contributed by atoms with Crippen molar-refractivity contribution in [2.75, 3.05) is 11.9 Å². The molecule has 3 aromatic rings. The number of hydrogen-bond donors (Lipinski definition) is 1. The number of benzene rings is 1. The quantitative estimate of drug-likeness (QED) is 0.773. The van der Waals surface area contributed by atoms with E-state index in [1.165, 1.54) is 0 Å². The van der Waals surface area contributed by atoms with Crippen LogP contribution < -0.4 is 5.32 Å². The number of anilines is 1. The second kappa shape index (κ2) is 5.81. The molecule has 20 heavy (non-hydrogen) atoms. The molecule has 0 spiro atoms. The molecule has 0 unspecified atom stereocenters. The maximum atomic E-state index is 6.22. The van der Waals surface area contributed by atoms with Crippen molar-refractivity contribution in [1.82, 2.24) is 14.8 Å². The molecular weight excluding hydrogens is 340 g/mol. The van der Waals surface area contributed by atoms with Crippen molar-refractivity contribution in [3.8, 4) is 0 Å². The number of rotatable bonds is 4. The molecule has 2 heterocycles. The summed E-state index contributed by atoms with van der Waals surface area (Å²) in [5.41, 5.74) is 1.82. The maximum absolute atomic E-state index is 6.22. The normalized spacial score (nSPS) is 10.9. The largest absolute Gasteiger partial charge is 0.383 e. The molecule has 4 nitrogen and oxygen atoms in total. The van der Waals surface area contributed by atoms with Crippen LogP contribution in [-0.4, -0.2) is 21.3 Å². The molecule has 3 rings (SSSR count). The Morgan fingerprint density at radius 1 is 1.30 bits per heavy atom. The number of pyridine rings is 1. The summed E-state index contributed by atoms with van der Waals surface area (Å²) in [6.45, 7) is 1.59. The van der Waals surface area contributed by atoms with Crippen LogP contribution in [-0.2, 0) is 6.54 Å². The SMILES string of the molecule is Clc1cc(Br)cc2c(NCCn3cccn3)ccnc12. The van der Waals surface area contributed by atoms with Crippen LogP contribution in [0.1, 0.15) is 0 Å². The lowest BCUT2D eigenvalue weighted by atomic mass is 10.2. The van der Waals surface area contributed by atoms with Gasteiger partial charge in [-0.25, -0.2) is 0 Å². The van der Waals surface area contributed by atoms with Gasteiger partial charge in [0.05, 0.1) is 17.1 Å². The minimum absolute atomic E-state index is 0.644. The third kappa shape index (κ3) is 2.78. The molecule has 0 aliphatic heterocycles. The van der Waals surface area contributed by atoms with E-state index in [9.17, 15) is 0 Å². The van der Waals surface area contributed by atoms with Gasteiger partial charge in [0.25, 0.3) is 0 Å². The third-order valence-electron chi connectivity index (χ3n) is 2.98. The molecule has 6 heteroatoms. The summed E-state index contributed by atoms with van der Waals surface area (Å²) in [7, 11) is 0. The van der Waals surface area contributed by atoms with Crippen molar-refractivity contribution < 1.29 is 0 Å². The number of halogens is 2. The molecule has 1 aromatic carbocycles. The lowest BCUT2D eigenvalue weighted by Gasteiger charge is -2.10. The second-order valence-corrected chi connectivity index (χ2v) is 5.66. The van der Waals surface area contributed by atoms with Crippen molar-refractivity contribution in [3.63, 3.8) is 0 Å². The Balaban J connectivity index is 1.84. The molecule has 1 N–H and O–H groups in total. The van der Waals surface area contributed by atoms with E-state index in [4.69, 9.17) is 11.6 Å². The van der Waals surface area contributed by atoms with Crippen LogP contribution in [0.4, 0.5) is 5.69 Å². The van der Waals surface area contributed by atoms with E-state index in [0.717, 1.165) is 34.2 Å². The first kappa shape index (κ1) is 13.4. The smallest absolute Gasteiger partial charge is 0.0909 e. The standard InChI is InChI=1S/C14H12BrClN4/c15-10-8-11-13(2-4-18-14(11)12(16)9-10)17-5-7-20-6-1-3-19-20/h1-4,6,8-9H,5,7H2,(H,17,18). The predicted molar refractivity (Wildman–Crippen MR) is 85.2 cm³/mol. The summed E-state index contributed by atoms with van der Waals surface area (Å²) < 4.78 is 2.83. The van der Waals surface area contributed by atoms with E-state index in [1.54, 1.807) is 12.4 Å². The van der Waals surface area contributed by atoms with Crippen molar-refractivity contribution in [2.45, 2.75) is 6.54 Å². The highest BCUT2D eigenvalue weighted by Gasteiger charge is 2.06. The molecule has 2 aromatic heterocycles. The van der Waals surface area contributed by atoms with Crippen molar-refractivity contribution in [3.05, 3.63) is 52.4 Å². The molecule has 0 aliphatic carbocycles. The van der Waals surface area contributed by atoms with Crippen LogP contribution >= 0.6 is 27.5 Å². The van der Waals surface area contributed by atoms with Gasteiger partial charge in [0, 0.05) is 40.7 Å². The monoisotopic (exact) mass is 350 g/mol. The molecule has 102 valence electrons. The van der Waals surface area contributed by atoms with Gasteiger partial charge in [0.2, 0.25) is 0 Å². The zero-order chi connectivity index (χ0) is 13.9. The van der Waals surface area contributed by atoms with E-state index in [2.05, 4.69) is 31.3 Å². The summed E-state index contributed by atoms with van der Waals surface area (Å²) in [4.78, 5) is 4.33. The van der Waals surface area contributed by atoms with Gasteiger partial charge in [-0.2, -0.15) is 5.10 Å². The lowest BCUT2D eigenvalue weighted by Crippen LogP contribution is -2.11. The minimum atomic E-state index is 0.644. The summed E-state index contributed by atoms with van der Waals surface area (Å²) in [6.07, 6.45) is 5.48. The number of fused-ring (bicyclic) bond motifs is 1. The van der Waals surface area contributed by atoms with Gasteiger partial charge < -0.3 is 5.32 Å². The molecule has 0 radical (unpaired) electrons. The van der Waals surface area contributed by atoms with Gasteiger partial charge >= 0.3 is 0 Å². The fourth-order valence-corrected chi connectivity index (χ4v) is 2.93. The van der Waals surface area contributed by atoms with Crippen LogP contribution in [0.5, 0.6) is 0 Å². The number of aromatic nitrogens is 3. The maximum Gasteiger partial charge on any atom is 0.0909 e. The van der Waals surface area contributed by atoms with Crippen molar-refractivity contribution in [1.29, 1.82) is 0 Å². The Bertz CT molecular complexity index is 727. The van der Waals surface area contributed by atoms with Crippen molar-refractivity contribution in [2.24, 2.45) is 0 Å². The minimum Gasteiger partial charge on any atom is -0.383 e. The highest BCUT2D eigenvalue weighted by molar-refractivity contribution is 9.10. The van der Waals surface area contributed by atoms with Crippen LogP contribution in [0, 0.1) is 0 Å². The highest BCUT2D eigenvalue weighted by atomic mass is 79.9. The lowest BCUT2D eigenvalue weighted by molar-refractivity contribution is 0.638. The Morgan fingerprint density at radius 2 is 2.20 bits per heavy atom. The molecule has 0 bridgehead atoms. The van der Waals surface area contributed by atoms with Gasteiger partial charge in [-0.15, -0.1) is 0 Å². The van der Waals surface area contributed by atoms with Crippen LogP contribution in [0.15, 0.2) is 47.3 Å². The average Bonchev–Trinajstić information content (AvgIpc) is 2.92. The average molecular weight is 352 g/mol. The van der Waals surface area contributed by atoms with E-state index in [-0.39, 0.29) is 0 Å². The first-order valence-corrected chi connectivity index (χ1v) is 7.36. The third-order valence-corrected chi connectivity index (χ3v) is 3.72. The van der Waals surface area contributed by atoms with E-state index < -0.39 is 0 Å². The van der Waals surface area contributed by atoms with E-state index in [0.29, 0.717) is 5.02 Å². The molecule has 0 aliphatic rings. The van der Waals surface area contributed by atoms with Gasteiger partial charge in [-0.1, -0.05) is 27.5 Å². The first-order chi connectivity index (χ1) is 9.74. The molecule has 0 atom stereocenters. The predicted octanol–water partition coefficient (Wildman–Crippen LogP) is 3.96. The number of nitrogens with zero attached hydrogens (tertiary/aromatic N) is 3. The zero-order valence-electron chi connectivity index (χ0n) is 10.6. The summed E-state index contributed by atoms with van der Waals surface area (Å²) in [5, 5.41) is 9.22. The van der Waals surface area contributed by atoms with E-state index >= 15 is 0 Å². The Morgan fingerprint density at radius 3 is 3.00 bits per heavy atom. The summed E-state index contributed by atoms with van der Waals surface area (Å²) in [6, 6.07) is 7.74. The molecule has 0 fully saturated rings. The van der Waals surface area contributed by atoms with Gasteiger partial charge in [-0.05, 0) is 24.3 Å². The van der Waals surface area contributed by atoms with Crippen LogP contribution in [0.3, 0.4) is 0 Å². The number of nitrogens with one attached hydrogen (secondary N) is 1. The summed E-state index contributed by atoms with van der Waals surface area (Å²) in [5.74, 6) is 0. The highest BCUT2D eigenvalue weighted by Crippen LogP contribution is 2.30. The topological polar surface area (TPSA) is 42.7 Å². The second-order valence-electron chi connectivity index (χ2n) is 4.34. The molecular formula is C14H12BrClN4. The van der Waals surface area contributed by atoms with Gasteiger partial charge in [0.15, 0.2) is 0 Å². The Hall–Kier alpha value is -1.59. The zero-order valence-corrected chi connectivity index (χ0v) is 12.9. The fourth-order valence-electron chi connectivity index (χ4n) is 2.07. The fraction of sp³-hybridized carbons (Fsp3) is 0.143.